The predicted octanol–water partition coefficient (Wildman–Crippen LogP) is 1.37. The second-order valence-electron chi connectivity index (χ2n) is 6.97. The molecule has 0 N–H and O–H groups in total. The molecule has 3 rings (SSSR count). The fourth-order valence-corrected chi connectivity index (χ4v) is 3.27. The summed E-state index contributed by atoms with van der Waals surface area (Å²) in [5.74, 6) is -1.68. The van der Waals surface area contributed by atoms with Crippen LogP contribution in [0.3, 0.4) is 0 Å². The number of rotatable bonds is 5. The van der Waals surface area contributed by atoms with E-state index in [2.05, 4.69) is 10.3 Å². The van der Waals surface area contributed by atoms with Crippen LogP contribution in [0.1, 0.15) is 38.1 Å². The molecular formula is C19H23N3O7. The van der Waals surface area contributed by atoms with E-state index in [9.17, 15) is 14.4 Å². The van der Waals surface area contributed by atoms with Crippen molar-refractivity contribution in [1.82, 2.24) is 15.0 Å². The fraction of sp³-hybridized carbons (Fsp3) is 0.526. The largest absolute Gasteiger partial charge is 0.463 e. The lowest BCUT2D eigenvalue weighted by Gasteiger charge is -2.23. The van der Waals surface area contributed by atoms with Crippen LogP contribution in [0.2, 0.25) is 0 Å². The van der Waals surface area contributed by atoms with Gasteiger partial charge in [-0.3, -0.25) is 14.4 Å². The molecule has 156 valence electrons. The van der Waals surface area contributed by atoms with E-state index >= 15 is 0 Å². The summed E-state index contributed by atoms with van der Waals surface area (Å²) in [6, 6.07) is 3.79. The molecule has 1 aliphatic rings. The fourth-order valence-electron chi connectivity index (χ4n) is 3.27. The zero-order valence-corrected chi connectivity index (χ0v) is 16.9. The minimum absolute atomic E-state index is 0.174. The van der Waals surface area contributed by atoms with Crippen LogP contribution >= 0.6 is 0 Å². The lowest BCUT2D eigenvalue weighted by Crippen LogP contribution is -2.40. The third-order valence-corrected chi connectivity index (χ3v) is 4.67. The average molecular weight is 405 g/mol. The van der Waals surface area contributed by atoms with E-state index in [1.807, 2.05) is 26.0 Å². The molecule has 0 radical (unpaired) electrons. The summed E-state index contributed by atoms with van der Waals surface area (Å²) in [6.07, 6.45) is -3.74. The average Bonchev–Trinajstić information content (AvgIpc) is 3.14. The third-order valence-electron chi connectivity index (χ3n) is 4.67. The number of aryl methyl sites for hydroxylation is 2. The van der Waals surface area contributed by atoms with Crippen molar-refractivity contribution in [3.05, 3.63) is 23.3 Å². The van der Waals surface area contributed by atoms with Gasteiger partial charge in [-0.05, 0) is 37.1 Å². The highest BCUT2D eigenvalue weighted by atomic mass is 16.7. The molecule has 1 saturated heterocycles. The van der Waals surface area contributed by atoms with Crippen molar-refractivity contribution in [2.75, 3.05) is 6.61 Å². The van der Waals surface area contributed by atoms with Gasteiger partial charge in [-0.25, -0.2) is 4.68 Å². The number of nitrogens with zero attached hydrogens (tertiary/aromatic N) is 3. The minimum Gasteiger partial charge on any atom is -0.463 e. The maximum atomic E-state index is 11.7. The minimum atomic E-state index is -0.997. The summed E-state index contributed by atoms with van der Waals surface area (Å²) < 4.78 is 23.3. The normalized spacial score (nSPS) is 23.8. The summed E-state index contributed by atoms with van der Waals surface area (Å²) in [5.41, 5.74) is 3.39. The number of hydrogen-bond acceptors (Lipinski definition) is 9. The van der Waals surface area contributed by atoms with E-state index in [0.717, 1.165) is 11.1 Å². The van der Waals surface area contributed by atoms with Crippen molar-refractivity contribution in [2.24, 2.45) is 0 Å². The van der Waals surface area contributed by atoms with Crippen molar-refractivity contribution >= 4 is 28.9 Å². The van der Waals surface area contributed by atoms with Gasteiger partial charge in [0, 0.05) is 20.8 Å². The van der Waals surface area contributed by atoms with Gasteiger partial charge in [0.05, 0.1) is 5.52 Å². The number of carbonyl (C=O) groups excluding carboxylic acids is 3. The quantitative estimate of drug-likeness (QED) is 0.536. The summed E-state index contributed by atoms with van der Waals surface area (Å²) in [6.45, 7) is 7.48. The number of carbonyl (C=O) groups is 3. The maximum absolute atomic E-state index is 11.7. The van der Waals surface area contributed by atoms with Gasteiger partial charge in [-0.1, -0.05) is 5.21 Å². The second kappa shape index (κ2) is 8.16. The first-order valence-electron chi connectivity index (χ1n) is 9.12. The van der Waals surface area contributed by atoms with Gasteiger partial charge in [-0.15, -0.1) is 5.10 Å². The van der Waals surface area contributed by atoms with Crippen LogP contribution in [0, 0.1) is 13.8 Å². The van der Waals surface area contributed by atoms with E-state index in [1.165, 1.54) is 25.5 Å². The van der Waals surface area contributed by atoms with E-state index < -0.39 is 42.4 Å². The molecule has 1 aliphatic heterocycles. The Morgan fingerprint density at radius 2 is 1.62 bits per heavy atom. The molecule has 4 atom stereocenters. The Morgan fingerprint density at radius 1 is 1.00 bits per heavy atom. The molecule has 1 aromatic carbocycles. The summed E-state index contributed by atoms with van der Waals surface area (Å²) in [7, 11) is 0. The Bertz CT molecular complexity index is 955. The van der Waals surface area contributed by atoms with Gasteiger partial charge in [0.2, 0.25) is 0 Å². The van der Waals surface area contributed by atoms with Crippen LogP contribution in [0.4, 0.5) is 0 Å². The summed E-state index contributed by atoms with van der Waals surface area (Å²) in [5, 5.41) is 8.33. The number of fused-ring (bicyclic) bond motifs is 1. The lowest BCUT2D eigenvalue weighted by atomic mass is 10.1. The van der Waals surface area contributed by atoms with Gasteiger partial charge >= 0.3 is 17.9 Å². The molecule has 1 fully saturated rings. The molecule has 29 heavy (non-hydrogen) atoms. The van der Waals surface area contributed by atoms with Crippen molar-refractivity contribution in [2.45, 2.75) is 59.2 Å². The van der Waals surface area contributed by atoms with Gasteiger partial charge in [0.15, 0.2) is 18.4 Å². The maximum Gasteiger partial charge on any atom is 0.303 e. The Hall–Kier alpha value is -3.01. The van der Waals surface area contributed by atoms with Gasteiger partial charge < -0.3 is 18.9 Å². The van der Waals surface area contributed by atoms with Crippen LogP contribution in [-0.4, -0.2) is 57.8 Å². The van der Waals surface area contributed by atoms with Crippen molar-refractivity contribution in [1.29, 1.82) is 0 Å². The molecule has 0 aliphatic carbocycles. The highest BCUT2D eigenvalue weighted by Crippen LogP contribution is 2.35. The number of aromatic nitrogens is 3. The molecule has 0 unspecified atom stereocenters. The smallest absolute Gasteiger partial charge is 0.303 e. The van der Waals surface area contributed by atoms with E-state index in [4.69, 9.17) is 18.9 Å². The molecule has 0 bridgehead atoms. The lowest BCUT2D eigenvalue weighted by molar-refractivity contribution is -0.166. The molecule has 0 saturated carbocycles. The molecule has 1 aromatic heterocycles. The Labute approximate surface area is 167 Å². The topological polar surface area (TPSA) is 119 Å². The van der Waals surface area contributed by atoms with E-state index in [1.54, 1.807) is 0 Å². The van der Waals surface area contributed by atoms with Crippen molar-refractivity contribution in [3.8, 4) is 0 Å². The SMILES string of the molecule is CC(=O)OC[C@H]1O[C@@H](n2nnc3cc(C)c(C)cc32)[C@H](OC(C)=O)[C@@H]1OC(C)=O. The van der Waals surface area contributed by atoms with E-state index in [-0.39, 0.29) is 6.61 Å². The highest BCUT2D eigenvalue weighted by molar-refractivity contribution is 5.76. The van der Waals surface area contributed by atoms with Crippen LogP contribution in [0.25, 0.3) is 11.0 Å². The standard InChI is InChI=1S/C19H23N3O7/c1-9-6-14-15(7-10(9)2)22(21-20-14)19-18(28-13(5)25)17(27-12(4)24)16(29-19)8-26-11(3)23/h6-7,16-19H,8H2,1-5H3/t16-,17-,18-,19-/m1/s1. The number of hydrogen-bond donors (Lipinski definition) is 0. The summed E-state index contributed by atoms with van der Waals surface area (Å²) in [4.78, 5) is 34.6. The van der Waals surface area contributed by atoms with Gasteiger partial charge in [0.25, 0.3) is 0 Å². The first-order valence-corrected chi connectivity index (χ1v) is 9.12. The first-order chi connectivity index (χ1) is 13.7. The van der Waals surface area contributed by atoms with Crippen LogP contribution in [-0.2, 0) is 33.3 Å². The first kappa shape index (κ1) is 20.7. The molecule has 0 amide bonds. The highest BCUT2D eigenvalue weighted by Gasteiger charge is 2.51. The van der Waals surface area contributed by atoms with Crippen LogP contribution < -0.4 is 0 Å². The molecular weight excluding hydrogens is 382 g/mol. The van der Waals surface area contributed by atoms with Crippen molar-refractivity contribution < 1.29 is 33.3 Å². The monoisotopic (exact) mass is 405 g/mol. The number of ether oxygens (including phenoxy) is 4. The Balaban J connectivity index is 2.03. The predicted molar refractivity (Wildman–Crippen MR) is 98.7 cm³/mol. The Morgan fingerprint density at radius 3 is 2.24 bits per heavy atom. The molecule has 0 spiro atoms. The molecule has 10 nitrogen and oxygen atoms in total. The second-order valence-corrected chi connectivity index (χ2v) is 6.97. The molecule has 2 heterocycles. The third kappa shape index (κ3) is 4.37. The molecule has 2 aromatic rings. The number of esters is 3. The Kier molecular flexibility index (Phi) is 5.83. The molecule has 10 heteroatoms. The van der Waals surface area contributed by atoms with Crippen molar-refractivity contribution in [3.63, 3.8) is 0 Å². The van der Waals surface area contributed by atoms with Gasteiger partial charge in [-0.2, -0.15) is 0 Å². The number of benzene rings is 1. The zero-order valence-electron chi connectivity index (χ0n) is 16.9. The zero-order chi connectivity index (χ0) is 21.3. The van der Waals surface area contributed by atoms with Gasteiger partial charge in [0.1, 0.15) is 18.2 Å². The van der Waals surface area contributed by atoms with Crippen LogP contribution in [0.5, 0.6) is 0 Å². The summed E-state index contributed by atoms with van der Waals surface area (Å²) >= 11 is 0. The van der Waals surface area contributed by atoms with Crippen LogP contribution in [0.15, 0.2) is 12.1 Å². The van der Waals surface area contributed by atoms with E-state index in [0.29, 0.717) is 11.0 Å².